The second-order valence-corrected chi connectivity index (χ2v) is 10.1. The lowest BCUT2D eigenvalue weighted by Crippen LogP contribution is -2.56. The number of thiophene rings is 1. The maximum Gasteiger partial charge on any atom is 0.421 e. The van der Waals surface area contributed by atoms with Crippen molar-refractivity contribution in [2.24, 2.45) is 0 Å². The van der Waals surface area contributed by atoms with Gasteiger partial charge in [-0.3, -0.25) is 0 Å². The largest absolute Gasteiger partial charge is 0.421 e. The number of anilines is 1. The first-order valence-corrected chi connectivity index (χ1v) is 11.1. The smallest absolute Gasteiger partial charge is 0.394 e. The van der Waals surface area contributed by atoms with Crippen molar-refractivity contribution in [2.45, 2.75) is 29.0 Å². The van der Waals surface area contributed by atoms with Crippen molar-refractivity contribution in [1.29, 1.82) is 0 Å². The van der Waals surface area contributed by atoms with Crippen LogP contribution < -0.4 is 4.90 Å². The van der Waals surface area contributed by atoms with E-state index in [0.29, 0.717) is 12.6 Å². The topological polar surface area (TPSA) is 81.1 Å². The van der Waals surface area contributed by atoms with Crippen LogP contribution in [0.2, 0.25) is 0 Å². The zero-order chi connectivity index (χ0) is 21.4. The molecule has 0 unspecified atom stereocenters. The first-order valence-electron chi connectivity index (χ1n) is 8.79. The average Bonchev–Trinajstić information content (AvgIpc) is 3.22. The van der Waals surface area contributed by atoms with Gasteiger partial charge in [-0.25, -0.2) is 8.42 Å². The molecule has 1 aliphatic heterocycles. The van der Waals surface area contributed by atoms with Gasteiger partial charge in [0.15, 0.2) is 5.60 Å². The van der Waals surface area contributed by atoms with Crippen molar-refractivity contribution in [2.75, 3.05) is 31.1 Å². The number of rotatable bonds is 5. The van der Waals surface area contributed by atoms with Gasteiger partial charge in [0.05, 0.1) is 12.6 Å². The quantitative estimate of drug-likeness (QED) is 0.731. The molecule has 1 aliphatic rings. The summed E-state index contributed by atoms with van der Waals surface area (Å²) in [4.78, 5) is 1.76. The summed E-state index contributed by atoms with van der Waals surface area (Å²) >= 11 is 1.11. The van der Waals surface area contributed by atoms with Gasteiger partial charge in [-0.05, 0) is 36.1 Å². The third-order valence-electron chi connectivity index (χ3n) is 5.06. The number of aliphatic hydroxyl groups excluding tert-OH is 1. The predicted molar refractivity (Wildman–Crippen MR) is 103 cm³/mol. The SMILES string of the molecule is C[C@](O)(c1ccc(N2CCN(S(=O)(=O)c3cccs3)C[C@H]2CO)cc1)C(F)(F)F. The fourth-order valence-electron chi connectivity index (χ4n) is 3.22. The van der Waals surface area contributed by atoms with Crippen molar-refractivity contribution in [3.8, 4) is 0 Å². The van der Waals surface area contributed by atoms with E-state index < -0.39 is 27.8 Å². The molecule has 2 N–H and O–H groups in total. The van der Waals surface area contributed by atoms with Crippen molar-refractivity contribution < 1.29 is 31.8 Å². The van der Waals surface area contributed by atoms with Crippen LogP contribution in [0, 0.1) is 0 Å². The maximum atomic E-state index is 13.0. The number of nitrogens with zero attached hydrogens (tertiary/aromatic N) is 2. The van der Waals surface area contributed by atoms with Crippen LogP contribution in [0.1, 0.15) is 12.5 Å². The van der Waals surface area contributed by atoms with E-state index in [0.717, 1.165) is 11.3 Å². The molecule has 2 heterocycles. The zero-order valence-corrected chi connectivity index (χ0v) is 17.1. The van der Waals surface area contributed by atoms with E-state index in [4.69, 9.17) is 0 Å². The number of halogens is 3. The third kappa shape index (κ3) is 4.15. The summed E-state index contributed by atoms with van der Waals surface area (Å²) in [6.07, 6.45) is -4.82. The number of hydrogen-bond donors (Lipinski definition) is 2. The minimum absolute atomic E-state index is 0.0543. The van der Waals surface area contributed by atoms with Crippen LogP contribution in [0.25, 0.3) is 0 Å². The molecule has 1 fully saturated rings. The van der Waals surface area contributed by atoms with Crippen molar-refractivity contribution in [3.63, 3.8) is 0 Å². The molecule has 29 heavy (non-hydrogen) atoms. The van der Waals surface area contributed by atoms with Crippen molar-refractivity contribution >= 4 is 27.0 Å². The van der Waals surface area contributed by atoms with E-state index in [2.05, 4.69) is 0 Å². The van der Waals surface area contributed by atoms with Gasteiger partial charge in [-0.15, -0.1) is 11.3 Å². The lowest BCUT2D eigenvalue weighted by molar-refractivity contribution is -0.258. The maximum absolute atomic E-state index is 13.0. The highest BCUT2D eigenvalue weighted by atomic mass is 32.2. The zero-order valence-electron chi connectivity index (χ0n) is 15.5. The average molecular weight is 451 g/mol. The summed E-state index contributed by atoms with van der Waals surface area (Å²) in [7, 11) is -3.65. The van der Waals surface area contributed by atoms with Gasteiger partial charge in [0.2, 0.25) is 0 Å². The number of benzene rings is 1. The molecular weight excluding hydrogens is 429 g/mol. The van der Waals surface area contributed by atoms with Gasteiger partial charge in [-0.1, -0.05) is 18.2 Å². The molecule has 0 spiro atoms. The lowest BCUT2D eigenvalue weighted by Gasteiger charge is -2.41. The Kier molecular flexibility index (Phi) is 5.98. The Morgan fingerprint density at radius 3 is 2.34 bits per heavy atom. The van der Waals surface area contributed by atoms with Crippen LogP contribution in [-0.4, -0.2) is 61.4 Å². The van der Waals surface area contributed by atoms with Crippen LogP contribution in [0.3, 0.4) is 0 Å². The highest BCUT2D eigenvalue weighted by Crippen LogP contribution is 2.39. The standard InChI is InChI=1S/C18H21F3N2O4S2/c1-17(25,18(19,20)21)13-4-6-14(7-5-13)23-9-8-22(11-15(23)12-24)29(26,27)16-3-2-10-28-16/h2-7,10,15,24-25H,8-9,11-12H2,1H3/t15-,17-/m0/s1. The molecule has 0 aliphatic carbocycles. The predicted octanol–water partition coefficient (Wildman–Crippen LogP) is 2.39. The van der Waals surface area contributed by atoms with E-state index in [-0.39, 0.29) is 36.0 Å². The molecule has 1 saturated heterocycles. The fraction of sp³-hybridized carbons (Fsp3) is 0.444. The molecule has 1 aromatic carbocycles. The van der Waals surface area contributed by atoms with Crippen LogP contribution >= 0.6 is 11.3 Å². The van der Waals surface area contributed by atoms with E-state index in [1.807, 2.05) is 0 Å². The van der Waals surface area contributed by atoms with Gasteiger partial charge < -0.3 is 15.1 Å². The lowest BCUT2D eigenvalue weighted by atomic mass is 9.95. The molecule has 2 atom stereocenters. The molecule has 0 radical (unpaired) electrons. The molecule has 160 valence electrons. The van der Waals surface area contributed by atoms with Gasteiger partial charge in [0.1, 0.15) is 4.21 Å². The Balaban J connectivity index is 1.79. The number of sulfonamides is 1. The Morgan fingerprint density at radius 1 is 1.17 bits per heavy atom. The monoisotopic (exact) mass is 450 g/mol. The summed E-state index contributed by atoms with van der Waals surface area (Å²) < 4.78 is 66.0. The third-order valence-corrected chi connectivity index (χ3v) is 8.30. The summed E-state index contributed by atoms with van der Waals surface area (Å²) in [5.41, 5.74) is -2.73. The number of piperazine rings is 1. The summed E-state index contributed by atoms with van der Waals surface area (Å²) in [6, 6.07) is 7.86. The Labute approximate surface area is 170 Å². The molecule has 0 saturated carbocycles. The number of alkyl halides is 3. The first kappa shape index (κ1) is 22.0. The van der Waals surface area contributed by atoms with Crippen molar-refractivity contribution in [1.82, 2.24) is 4.31 Å². The van der Waals surface area contributed by atoms with Crippen molar-refractivity contribution in [3.05, 3.63) is 47.3 Å². The molecule has 6 nitrogen and oxygen atoms in total. The normalized spacial score (nSPS) is 21.2. The molecule has 0 amide bonds. The Hall–Kier alpha value is -1.66. The number of hydrogen-bond acceptors (Lipinski definition) is 6. The summed E-state index contributed by atoms with van der Waals surface area (Å²) in [6.45, 7) is 0.869. The highest BCUT2D eigenvalue weighted by Gasteiger charge is 2.51. The molecule has 2 aromatic rings. The van der Waals surface area contributed by atoms with Crippen LogP contribution in [0.4, 0.5) is 18.9 Å². The first-order chi connectivity index (χ1) is 13.5. The number of aliphatic hydroxyl groups is 2. The van der Waals surface area contributed by atoms with E-state index in [9.17, 15) is 31.8 Å². The van der Waals surface area contributed by atoms with Crippen LogP contribution in [0.5, 0.6) is 0 Å². The summed E-state index contributed by atoms with van der Waals surface area (Å²) in [5, 5.41) is 21.2. The molecular formula is C18H21F3N2O4S2. The van der Waals surface area contributed by atoms with Gasteiger partial charge >= 0.3 is 6.18 Å². The second kappa shape index (κ2) is 7.88. The minimum Gasteiger partial charge on any atom is -0.394 e. The van der Waals surface area contributed by atoms with E-state index in [1.54, 1.807) is 16.3 Å². The minimum atomic E-state index is -4.82. The highest BCUT2D eigenvalue weighted by molar-refractivity contribution is 7.91. The Morgan fingerprint density at radius 2 is 1.83 bits per heavy atom. The van der Waals surface area contributed by atoms with Crippen LogP contribution in [-0.2, 0) is 15.6 Å². The van der Waals surface area contributed by atoms with E-state index >= 15 is 0 Å². The summed E-state index contributed by atoms with van der Waals surface area (Å²) in [5.74, 6) is 0. The van der Waals surface area contributed by atoms with Gasteiger partial charge in [0.25, 0.3) is 10.0 Å². The van der Waals surface area contributed by atoms with Gasteiger partial charge in [-0.2, -0.15) is 17.5 Å². The fourth-order valence-corrected chi connectivity index (χ4v) is 5.83. The van der Waals surface area contributed by atoms with Gasteiger partial charge in [0, 0.05) is 25.3 Å². The van der Waals surface area contributed by atoms with E-state index in [1.165, 1.54) is 34.6 Å². The molecule has 0 bridgehead atoms. The molecule has 11 heteroatoms. The Bertz CT molecular complexity index is 929. The van der Waals surface area contributed by atoms with Crippen LogP contribution in [0.15, 0.2) is 46.0 Å². The second-order valence-electron chi connectivity index (χ2n) is 6.94. The molecule has 1 aromatic heterocycles. The molecule has 3 rings (SSSR count).